The van der Waals surface area contributed by atoms with E-state index in [9.17, 15) is 13.2 Å². The van der Waals surface area contributed by atoms with Crippen molar-refractivity contribution in [2.75, 3.05) is 11.9 Å². The summed E-state index contributed by atoms with van der Waals surface area (Å²) in [6.45, 7) is 1.62. The second-order valence-electron chi connectivity index (χ2n) is 6.77. The highest BCUT2D eigenvalue weighted by atomic mass is 127. The van der Waals surface area contributed by atoms with Gasteiger partial charge in [0.2, 0.25) is 15.9 Å². The minimum absolute atomic E-state index is 0.0491. The van der Waals surface area contributed by atoms with Crippen LogP contribution in [0.2, 0.25) is 5.02 Å². The van der Waals surface area contributed by atoms with E-state index in [-0.39, 0.29) is 18.0 Å². The predicted molar refractivity (Wildman–Crippen MR) is 128 cm³/mol. The van der Waals surface area contributed by atoms with Crippen LogP contribution in [0.1, 0.15) is 11.1 Å². The van der Waals surface area contributed by atoms with Gasteiger partial charge in [0, 0.05) is 20.8 Å². The smallest absolute Gasteiger partial charge is 0.243 e. The number of halogens is 2. The molecule has 3 aromatic carbocycles. The lowest BCUT2D eigenvalue weighted by atomic mass is 10.2. The number of hydrogen-bond acceptors (Lipinski definition) is 3. The number of anilines is 1. The van der Waals surface area contributed by atoms with Gasteiger partial charge in [-0.15, -0.1) is 0 Å². The van der Waals surface area contributed by atoms with Crippen LogP contribution in [0.4, 0.5) is 5.69 Å². The molecule has 30 heavy (non-hydrogen) atoms. The van der Waals surface area contributed by atoms with Gasteiger partial charge in [-0.05, 0) is 83.6 Å². The van der Waals surface area contributed by atoms with Crippen molar-refractivity contribution in [2.45, 2.75) is 18.4 Å². The molecule has 1 N–H and O–H groups in total. The van der Waals surface area contributed by atoms with Crippen LogP contribution in [-0.2, 0) is 21.4 Å². The Morgan fingerprint density at radius 2 is 1.57 bits per heavy atom. The molecule has 0 aliphatic carbocycles. The van der Waals surface area contributed by atoms with Crippen LogP contribution in [0, 0.1) is 10.5 Å². The van der Waals surface area contributed by atoms with Gasteiger partial charge in [0.1, 0.15) is 0 Å². The summed E-state index contributed by atoms with van der Waals surface area (Å²) in [5.41, 5.74) is 2.30. The van der Waals surface area contributed by atoms with Crippen molar-refractivity contribution in [3.05, 3.63) is 92.5 Å². The van der Waals surface area contributed by atoms with Crippen molar-refractivity contribution >= 4 is 55.8 Å². The van der Waals surface area contributed by atoms with E-state index in [1.54, 1.807) is 60.7 Å². The maximum atomic E-state index is 13.3. The van der Waals surface area contributed by atoms with Crippen LogP contribution in [0.5, 0.6) is 0 Å². The van der Waals surface area contributed by atoms with Crippen molar-refractivity contribution in [3.8, 4) is 0 Å². The first-order valence-electron chi connectivity index (χ1n) is 9.11. The minimum atomic E-state index is -3.88. The summed E-state index contributed by atoms with van der Waals surface area (Å²) in [5, 5.41) is 3.32. The molecule has 0 aliphatic heterocycles. The standard InChI is InChI=1S/C22H20ClIN2O3S/c1-16-2-12-21(13-3-16)30(28,29)26(14-17-4-6-18(23)7-5-17)15-22(27)25-20-10-8-19(24)9-11-20/h2-13H,14-15H2,1H3,(H,25,27). The Balaban J connectivity index is 1.86. The summed E-state index contributed by atoms with van der Waals surface area (Å²) in [6.07, 6.45) is 0. The van der Waals surface area contributed by atoms with Crippen molar-refractivity contribution < 1.29 is 13.2 Å². The quantitative estimate of drug-likeness (QED) is 0.414. The highest BCUT2D eigenvalue weighted by Crippen LogP contribution is 2.20. The Morgan fingerprint density at radius 1 is 0.967 bits per heavy atom. The number of carbonyl (C=O) groups excluding carboxylic acids is 1. The zero-order valence-corrected chi connectivity index (χ0v) is 19.9. The fraction of sp³-hybridized carbons (Fsp3) is 0.136. The number of nitrogens with zero attached hydrogens (tertiary/aromatic N) is 1. The molecule has 1 amide bonds. The molecule has 0 atom stereocenters. The van der Waals surface area contributed by atoms with Gasteiger partial charge in [-0.25, -0.2) is 8.42 Å². The summed E-state index contributed by atoms with van der Waals surface area (Å²) in [5.74, 6) is -0.416. The molecule has 156 valence electrons. The number of carbonyl (C=O) groups is 1. The number of amides is 1. The lowest BCUT2D eigenvalue weighted by Gasteiger charge is -2.22. The molecule has 0 fully saturated rings. The molecule has 0 bridgehead atoms. The highest BCUT2D eigenvalue weighted by molar-refractivity contribution is 14.1. The van der Waals surface area contributed by atoms with Gasteiger partial charge in [-0.2, -0.15) is 4.31 Å². The molecular formula is C22H20ClIN2O3S. The van der Waals surface area contributed by atoms with Crippen LogP contribution in [0.15, 0.2) is 77.7 Å². The van der Waals surface area contributed by atoms with Gasteiger partial charge < -0.3 is 5.32 Å². The van der Waals surface area contributed by atoms with Crippen molar-refractivity contribution in [1.82, 2.24) is 4.31 Å². The van der Waals surface area contributed by atoms with E-state index < -0.39 is 15.9 Å². The van der Waals surface area contributed by atoms with Crippen LogP contribution in [-0.4, -0.2) is 25.2 Å². The average molecular weight is 555 g/mol. The number of rotatable bonds is 7. The van der Waals surface area contributed by atoms with Gasteiger partial charge >= 0.3 is 0 Å². The minimum Gasteiger partial charge on any atom is -0.325 e. The van der Waals surface area contributed by atoms with Crippen LogP contribution >= 0.6 is 34.2 Å². The first kappa shape index (κ1) is 22.7. The molecule has 0 aromatic heterocycles. The van der Waals surface area contributed by atoms with Crippen molar-refractivity contribution in [1.29, 1.82) is 0 Å². The monoisotopic (exact) mass is 554 g/mol. The molecule has 0 saturated heterocycles. The third-order valence-corrected chi connectivity index (χ3v) is 7.16. The third kappa shape index (κ3) is 6.04. The maximum Gasteiger partial charge on any atom is 0.243 e. The molecule has 8 heteroatoms. The highest BCUT2D eigenvalue weighted by Gasteiger charge is 2.27. The second-order valence-corrected chi connectivity index (χ2v) is 10.4. The second kappa shape index (κ2) is 9.91. The van der Waals surface area contributed by atoms with Crippen LogP contribution in [0.25, 0.3) is 0 Å². The Kier molecular flexibility index (Phi) is 7.51. The average Bonchev–Trinajstić information content (AvgIpc) is 2.71. The van der Waals surface area contributed by atoms with Gasteiger partial charge in [-0.3, -0.25) is 4.79 Å². The number of hydrogen-bond donors (Lipinski definition) is 1. The molecule has 0 unspecified atom stereocenters. The summed E-state index contributed by atoms with van der Waals surface area (Å²) >= 11 is 8.11. The van der Waals surface area contributed by atoms with Crippen LogP contribution in [0.3, 0.4) is 0 Å². The Labute approximate surface area is 195 Å². The fourth-order valence-corrected chi connectivity index (χ4v) is 4.64. The molecule has 0 aliphatic rings. The zero-order chi connectivity index (χ0) is 21.7. The Hall–Kier alpha value is -1.94. The van der Waals surface area contributed by atoms with Crippen molar-refractivity contribution in [3.63, 3.8) is 0 Å². The molecule has 0 spiro atoms. The van der Waals surface area contributed by atoms with E-state index in [0.717, 1.165) is 14.7 Å². The zero-order valence-electron chi connectivity index (χ0n) is 16.2. The lowest BCUT2D eigenvalue weighted by Crippen LogP contribution is -2.37. The first-order chi connectivity index (χ1) is 14.2. The van der Waals surface area contributed by atoms with Crippen LogP contribution < -0.4 is 5.32 Å². The van der Waals surface area contributed by atoms with E-state index >= 15 is 0 Å². The SMILES string of the molecule is Cc1ccc(S(=O)(=O)N(CC(=O)Nc2ccc(I)cc2)Cc2ccc(Cl)cc2)cc1. The molecular weight excluding hydrogens is 535 g/mol. The molecule has 3 rings (SSSR count). The third-order valence-electron chi connectivity index (χ3n) is 4.38. The number of nitrogens with one attached hydrogen (secondary N) is 1. The van der Waals surface area contributed by atoms with E-state index in [1.165, 1.54) is 4.31 Å². The molecule has 0 saturated carbocycles. The lowest BCUT2D eigenvalue weighted by molar-refractivity contribution is -0.116. The number of benzene rings is 3. The summed E-state index contributed by atoms with van der Waals surface area (Å²) < 4.78 is 28.7. The summed E-state index contributed by atoms with van der Waals surface area (Å²) in [4.78, 5) is 12.8. The maximum absolute atomic E-state index is 13.3. The van der Waals surface area contributed by atoms with E-state index in [0.29, 0.717) is 10.7 Å². The fourth-order valence-electron chi connectivity index (χ4n) is 2.77. The number of sulfonamides is 1. The Morgan fingerprint density at radius 3 is 2.17 bits per heavy atom. The van der Waals surface area contributed by atoms with Gasteiger partial charge in [-0.1, -0.05) is 41.4 Å². The van der Waals surface area contributed by atoms with Crippen molar-refractivity contribution in [2.24, 2.45) is 0 Å². The normalized spacial score (nSPS) is 11.5. The van der Waals surface area contributed by atoms with Gasteiger partial charge in [0.15, 0.2) is 0 Å². The van der Waals surface area contributed by atoms with Gasteiger partial charge in [0.25, 0.3) is 0 Å². The molecule has 3 aromatic rings. The van der Waals surface area contributed by atoms with Gasteiger partial charge in [0.05, 0.1) is 11.4 Å². The topological polar surface area (TPSA) is 66.5 Å². The molecule has 5 nitrogen and oxygen atoms in total. The predicted octanol–water partition coefficient (Wildman–Crippen LogP) is 5.08. The number of aryl methyl sites for hydroxylation is 1. The molecule has 0 radical (unpaired) electrons. The largest absolute Gasteiger partial charge is 0.325 e. The summed E-state index contributed by atoms with van der Waals surface area (Å²) in [7, 11) is -3.88. The Bertz CT molecular complexity index is 1120. The summed E-state index contributed by atoms with van der Waals surface area (Å²) in [6, 6.07) is 20.7. The van der Waals surface area contributed by atoms with E-state index in [1.807, 2.05) is 19.1 Å². The van der Waals surface area contributed by atoms with E-state index in [4.69, 9.17) is 11.6 Å². The molecule has 0 heterocycles. The first-order valence-corrected chi connectivity index (χ1v) is 12.0. The van der Waals surface area contributed by atoms with E-state index in [2.05, 4.69) is 27.9 Å².